The highest BCUT2D eigenvalue weighted by Gasteiger charge is 2.29. The molecule has 0 unspecified atom stereocenters. The van der Waals surface area contributed by atoms with Crippen LogP contribution in [0.3, 0.4) is 0 Å². The number of nitrogens with two attached hydrogens (primary N) is 2. The predicted octanol–water partition coefficient (Wildman–Crippen LogP) is -0.332. The third-order valence-electron chi connectivity index (χ3n) is 2.37. The average Bonchev–Trinajstić information content (AvgIpc) is 2.10. The van der Waals surface area contributed by atoms with Crippen LogP contribution >= 0.6 is 0 Å². The van der Waals surface area contributed by atoms with E-state index >= 15 is 0 Å². The Morgan fingerprint density at radius 3 is 2.27 bits per heavy atom. The lowest BCUT2D eigenvalue weighted by Gasteiger charge is -2.35. The zero-order valence-electron chi connectivity index (χ0n) is 8.18. The fourth-order valence-corrected chi connectivity index (χ4v) is 1.60. The van der Waals surface area contributed by atoms with Gasteiger partial charge in [0.05, 0.1) is 6.10 Å². The second-order valence-corrected chi connectivity index (χ2v) is 3.75. The Kier molecular flexibility index (Phi) is 2.24. The van der Waals surface area contributed by atoms with E-state index < -0.39 is 6.10 Å². The number of nitrogen functional groups attached to an aromatic ring is 2. The second-order valence-electron chi connectivity index (χ2n) is 3.75. The molecule has 5 heteroatoms. The van der Waals surface area contributed by atoms with E-state index in [0.29, 0.717) is 30.0 Å². The molecule has 15 heavy (non-hydrogen) atoms. The number of rotatable bonds is 1. The van der Waals surface area contributed by atoms with E-state index in [2.05, 4.69) is 0 Å². The molecule has 5 N–H and O–H groups in total. The molecular weight excluding hydrogens is 194 g/mol. The van der Waals surface area contributed by atoms with Crippen molar-refractivity contribution in [3.05, 3.63) is 23.8 Å². The quantitative estimate of drug-likeness (QED) is 0.550. The van der Waals surface area contributed by atoms with E-state index in [1.54, 1.807) is 23.1 Å². The number of β-amino-alcohol motifs (C(OH)–C–C–N with tert-alkyl or cyclic N) is 1. The first-order chi connectivity index (χ1) is 7.06. The van der Waals surface area contributed by atoms with Gasteiger partial charge in [0.25, 0.3) is 5.91 Å². The first-order valence-corrected chi connectivity index (χ1v) is 4.69. The van der Waals surface area contributed by atoms with Gasteiger partial charge in [-0.05, 0) is 18.2 Å². The lowest BCUT2D eigenvalue weighted by atomic mass is 10.1. The van der Waals surface area contributed by atoms with E-state index in [9.17, 15) is 4.79 Å². The SMILES string of the molecule is Nc1cc(N)cc(C(=O)N2CC(O)C2)c1. The number of hydrogen-bond acceptors (Lipinski definition) is 4. The lowest BCUT2D eigenvalue weighted by molar-refractivity contribution is 0.00590. The van der Waals surface area contributed by atoms with Gasteiger partial charge in [-0.15, -0.1) is 0 Å². The minimum atomic E-state index is -0.396. The first kappa shape index (κ1) is 9.79. The molecule has 0 aromatic heterocycles. The largest absolute Gasteiger partial charge is 0.399 e. The number of anilines is 2. The van der Waals surface area contributed by atoms with E-state index in [1.165, 1.54) is 0 Å². The van der Waals surface area contributed by atoms with Crippen LogP contribution < -0.4 is 11.5 Å². The average molecular weight is 207 g/mol. The van der Waals surface area contributed by atoms with Gasteiger partial charge in [0.2, 0.25) is 0 Å². The molecule has 1 fully saturated rings. The monoisotopic (exact) mass is 207 g/mol. The smallest absolute Gasteiger partial charge is 0.254 e. The summed E-state index contributed by atoms with van der Waals surface area (Å²) < 4.78 is 0. The van der Waals surface area contributed by atoms with Gasteiger partial charge < -0.3 is 21.5 Å². The van der Waals surface area contributed by atoms with Gasteiger partial charge in [0.15, 0.2) is 0 Å². The highest BCUT2D eigenvalue weighted by atomic mass is 16.3. The molecule has 80 valence electrons. The number of nitrogens with zero attached hydrogens (tertiary/aromatic N) is 1. The molecule has 5 nitrogen and oxygen atoms in total. The van der Waals surface area contributed by atoms with Crippen molar-refractivity contribution in [1.82, 2.24) is 4.90 Å². The molecule has 0 atom stereocenters. The van der Waals surface area contributed by atoms with E-state index in [4.69, 9.17) is 16.6 Å². The second kappa shape index (κ2) is 3.43. The third kappa shape index (κ3) is 1.87. The normalized spacial score (nSPS) is 16.2. The molecule has 0 bridgehead atoms. The molecule has 0 aliphatic carbocycles. The molecule has 0 radical (unpaired) electrons. The summed E-state index contributed by atoms with van der Waals surface area (Å²) in [5, 5.41) is 9.08. The van der Waals surface area contributed by atoms with Gasteiger partial charge in [-0.2, -0.15) is 0 Å². The summed E-state index contributed by atoms with van der Waals surface area (Å²) in [6.45, 7) is 0.765. The Hall–Kier alpha value is -1.75. The Bertz CT molecular complexity index is 379. The van der Waals surface area contributed by atoms with Gasteiger partial charge in [-0.3, -0.25) is 4.79 Å². The summed E-state index contributed by atoms with van der Waals surface area (Å²) >= 11 is 0. The standard InChI is InChI=1S/C10H13N3O2/c11-7-1-6(2-8(12)3-7)10(15)13-4-9(14)5-13/h1-3,9,14H,4-5,11-12H2. The van der Waals surface area contributed by atoms with E-state index in [1.807, 2.05) is 0 Å². The van der Waals surface area contributed by atoms with Crippen molar-refractivity contribution in [2.45, 2.75) is 6.10 Å². The Morgan fingerprint density at radius 2 is 1.80 bits per heavy atom. The van der Waals surface area contributed by atoms with Crippen LogP contribution in [-0.2, 0) is 0 Å². The number of carbonyl (C=O) groups is 1. The minimum Gasteiger partial charge on any atom is -0.399 e. The topological polar surface area (TPSA) is 92.6 Å². The van der Waals surface area contributed by atoms with Gasteiger partial charge in [0.1, 0.15) is 0 Å². The van der Waals surface area contributed by atoms with Gasteiger partial charge in [0, 0.05) is 30.0 Å². The molecule has 1 aromatic carbocycles. The zero-order valence-corrected chi connectivity index (χ0v) is 8.18. The van der Waals surface area contributed by atoms with Crippen LogP contribution in [0.4, 0.5) is 11.4 Å². The van der Waals surface area contributed by atoms with E-state index in [-0.39, 0.29) is 5.91 Å². The van der Waals surface area contributed by atoms with Crippen molar-refractivity contribution in [1.29, 1.82) is 0 Å². The first-order valence-electron chi connectivity index (χ1n) is 4.69. The molecule has 1 amide bonds. The minimum absolute atomic E-state index is 0.140. The summed E-state index contributed by atoms with van der Waals surface area (Å²) in [5.41, 5.74) is 12.6. The van der Waals surface area contributed by atoms with Crippen molar-refractivity contribution >= 4 is 17.3 Å². The molecule has 0 spiro atoms. The Balaban J connectivity index is 2.18. The highest BCUT2D eigenvalue weighted by molar-refractivity contribution is 5.96. The van der Waals surface area contributed by atoms with Gasteiger partial charge in [-0.25, -0.2) is 0 Å². The molecule has 1 heterocycles. The van der Waals surface area contributed by atoms with Crippen LogP contribution in [0.2, 0.25) is 0 Å². The fourth-order valence-electron chi connectivity index (χ4n) is 1.60. The molecule has 0 saturated carbocycles. The molecular formula is C10H13N3O2. The van der Waals surface area contributed by atoms with Crippen LogP contribution in [0, 0.1) is 0 Å². The van der Waals surface area contributed by atoms with Crippen LogP contribution in [0.25, 0.3) is 0 Å². The fraction of sp³-hybridized carbons (Fsp3) is 0.300. The maximum Gasteiger partial charge on any atom is 0.254 e. The summed E-state index contributed by atoms with van der Waals surface area (Å²) in [6, 6.07) is 4.77. The third-order valence-corrected chi connectivity index (χ3v) is 2.37. The maximum atomic E-state index is 11.8. The number of likely N-dealkylation sites (tertiary alicyclic amines) is 1. The van der Waals surface area contributed by atoms with Crippen LogP contribution in [0.1, 0.15) is 10.4 Å². The summed E-state index contributed by atoms with van der Waals surface area (Å²) in [4.78, 5) is 13.3. The number of amides is 1. The number of carbonyl (C=O) groups excluding carboxylic acids is 1. The molecule has 2 rings (SSSR count). The number of aliphatic hydroxyl groups is 1. The number of aliphatic hydroxyl groups excluding tert-OH is 1. The summed E-state index contributed by atoms with van der Waals surface area (Å²) in [7, 11) is 0. The highest BCUT2D eigenvalue weighted by Crippen LogP contribution is 2.18. The molecule has 1 aliphatic rings. The van der Waals surface area contributed by atoms with Crippen LogP contribution in [0.5, 0.6) is 0 Å². The summed E-state index contributed by atoms with van der Waals surface area (Å²) in [6.07, 6.45) is -0.396. The van der Waals surface area contributed by atoms with Crippen molar-refractivity contribution in [3.8, 4) is 0 Å². The number of hydrogen-bond donors (Lipinski definition) is 3. The van der Waals surface area contributed by atoms with Crippen molar-refractivity contribution < 1.29 is 9.90 Å². The Labute approximate surface area is 87.3 Å². The molecule has 1 aliphatic heterocycles. The van der Waals surface area contributed by atoms with Gasteiger partial charge in [-0.1, -0.05) is 0 Å². The summed E-state index contributed by atoms with van der Waals surface area (Å²) in [5.74, 6) is -0.140. The van der Waals surface area contributed by atoms with Crippen molar-refractivity contribution in [2.24, 2.45) is 0 Å². The lowest BCUT2D eigenvalue weighted by Crippen LogP contribution is -2.53. The zero-order chi connectivity index (χ0) is 11.0. The van der Waals surface area contributed by atoms with Crippen LogP contribution in [-0.4, -0.2) is 35.1 Å². The van der Waals surface area contributed by atoms with Crippen molar-refractivity contribution in [3.63, 3.8) is 0 Å². The molecule has 1 aromatic rings. The maximum absolute atomic E-state index is 11.8. The van der Waals surface area contributed by atoms with Gasteiger partial charge >= 0.3 is 0 Å². The number of benzene rings is 1. The predicted molar refractivity (Wildman–Crippen MR) is 57.2 cm³/mol. The van der Waals surface area contributed by atoms with Crippen molar-refractivity contribution in [2.75, 3.05) is 24.6 Å². The van der Waals surface area contributed by atoms with E-state index in [0.717, 1.165) is 0 Å². The van der Waals surface area contributed by atoms with Crippen LogP contribution in [0.15, 0.2) is 18.2 Å². The molecule has 1 saturated heterocycles. The Morgan fingerprint density at radius 1 is 1.27 bits per heavy atom.